The Hall–Kier alpha value is -2.74. The largest absolute Gasteiger partial charge is 0.476 e. The molecule has 0 aromatic heterocycles. The minimum Gasteiger partial charge on any atom is -0.476 e. The average Bonchev–Trinajstić information content (AvgIpc) is 2.76. The Morgan fingerprint density at radius 1 is 1.17 bits per heavy atom. The summed E-state index contributed by atoms with van der Waals surface area (Å²) >= 11 is 0. The van der Waals surface area contributed by atoms with Crippen molar-refractivity contribution < 1.29 is 17.9 Å². The van der Waals surface area contributed by atoms with Gasteiger partial charge in [0.1, 0.15) is 5.75 Å². The van der Waals surface area contributed by atoms with Crippen molar-refractivity contribution in [3.63, 3.8) is 0 Å². The van der Waals surface area contributed by atoms with Gasteiger partial charge >= 0.3 is 0 Å². The van der Waals surface area contributed by atoms with E-state index in [0.29, 0.717) is 18.0 Å². The standard InChI is InChI=1S/C21H27N3O4S/c1-3-29(26,27)24-16-20(28-19-13-8-7-12-18(19)24)21(25)22-14-9-15-23(2)17-10-5-4-6-11-17/h4-8,10-13,20H,3,9,14-16H2,1-2H3,(H,22,25). The van der Waals surface area contributed by atoms with Crippen LogP contribution < -0.4 is 19.3 Å². The number of sulfonamides is 1. The van der Waals surface area contributed by atoms with E-state index in [9.17, 15) is 13.2 Å². The van der Waals surface area contributed by atoms with Crippen molar-refractivity contribution in [3.05, 3.63) is 54.6 Å². The Labute approximate surface area is 172 Å². The van der Waals surface area contributed by atoms with Crippen molar-refractivity contribution in [2.45, 2.75) is 19.4 Å². The monoisotopic (exact) mass is 417 g/mol. The van der Waals surface area contributed by atoms with Crippen LogP contribution in [0.2, 0.25) is 0 Å². The Kier molecular flexibility index (Phi) is 6.64. The van der Waals surface area contributed by atoms with Gasteiger partial charge in [-0.1, -0.05) is 30.3 Å². The molecule has 0 bridgehead atoms. The van der Waals surface area contributed by atoms with Crippen LogP contribution in [0.1, 0.15) is 13.3 Å². The number of hydrogen-bond donors (Lipinski definition) is 1. The minimum absolute atomic E-state index is 0.0249. The smallest absolute Gasteiger partial charge is 0.263 e. The molecule has 7 nitrogen and oxygen atoms in total. The van der Waals surface area contributed by atoms with Crippen LogP contribution in [0.5, 0.6) is 5.75 Å². The highest BCUT2D eigenvalue weighted by Crippen LogP contribution is 2.35. The summed E-state index contributed by atoms with van der Waals surface area (Å²) < 4.78 is 32.0. The Balaban J connectivity index is 1.57. The lowest BCUT2D eigenvalue weighted by Gasteiger charge is -2.34. The molecule has 1 aliphatic rings. The van der Waals surface area contributed by atoms with Crippen LogP contribution in [0.25, 0.3) is 0 Å². The van der Waals surface area contributed by atoms with E-state index in [1.165, 1.54) is 4.31 Å². The quantitative estimate of drug-likeness (QED) is 0.667. The summed E-state index contributed by atoms with van der Waals surface area (Å²) in [7, 11) is -1.50. The summed E-state index contributed by atoms with van der Waals surface area (Å²) in [6.45, 7) is 2.84. The molecule has 2 aromatic carbocycles. The molecule has 2 aromatic rings. The topological polar surface area (TPSA) is 79.0 Å². The van der Waals surface area contributed by atoms with E-state index >= 15 is 0 Å². The van der Waals surface area contributed by atoms with Gasteiger partial charge < -0.3 is 15.0 Å². The maximum absolute atomic E-state index is 12.6. The zero-order valence-electron chi connectivity index (χ0n) is 16.7. The van der Waals surface area contributed by atoms with Gasteiger partial charge in [0.25, 0.3) is 5.91 Å². The molecule has 0 fully saturated rings. The Bertz CT molecular complexity index is 934. The highest BCUT2D eigenvalue weighted by molar-refractivity contribution is 7.92. The molecular weight excluding hydrogens is 390 g/mol. The zero-order chi connectivity index (χ0) is 20.9. The van der Waals surface area contributed by atoms with Crippen molar-refractivity contribution in [1.29, 1.82) is 0 Å². The summed E-state index contributed by atoms with van der Waals surface area (Å²) in [5, 5.41) is 2.87. The fraction of sp³-hybridized carbons (Fsp3) is 0.381. The van der Waals surface area contributed by atoms with Gasteiger partial charge in [-0.3, -0.25) is 9.10 Å². The first-order valence-corrected chi connectivity index (χ1v) is 11.3. The maximum Gasteiger partial charge on any atom is 0.263 e. The van der Waals surface area contributed by atoms with Gasteiger partial charge in [-0.05, 0) is 37.6 Å². The van der Waals surface area contributed by atoms with Crippen LogP contribution in [0, 0.1) is 0 Å². The first-order chi connectivity index (χ1) is 13.9. The summed E-state index contributed by atoms with van der Waals surface area (Å²) in [6.07, 6.45) is -0.115. The average molecular weight is 418 g/mol. The Morgan fingerprint density at radius 2 is 1.86 bits per heavy atom. The lowest BCUT2D eigenvalue weighted by molar-refractivity contribution is -0.127. The fourth-order valence-electron chi connectivity index (χ4n) is 3.21. The van der Waals surface area contributed by atoms with Crippen molar-refractivity contribution in [2.75, 3.05) is 41.6 Å². The summed E-state index contributed by atoms with van der Waals surface area (Å²) in [5.74, 6) is 0.0551. The van der Waals surface area contributed by atoms with Gasteiger partial charge in [-0.15, -0.1) is 0 Å². The molecule has 156 valence electrons. The molecule has 1 heterocycles. The molecule has 0 saturated heterocycles. The lowest BCUT2D eigenvalue weighted by Crippen LogP contribution is -2.51. The van der Waals surface area contributed by atoms with Crippen LogP contribution >= 0.6 is 0 Å². The molecule has 1 unspecified atom stereocenters. The molecule has 0 aliphatic carbocycles. The van der Waals surface area contributed by atoms with Gasteiger partial charge in [0, 0.05) is 25.8 Å². The molecule has 3 rings (SSSR count). The number of nitrogens with zero attached hydrogens (tertiary/aromatic N) is 2. The van der Waals surface area contributed by atoms with E-state index in [0.717, 1.165) is 18.7 Å². The van der Waals surface area contributed by atoms with Gasteiger partial charge in [-0.25, -0.2) is 8.42 Å². The number of fused-ring (bicyclic) bond motifs is 1. The van der Waals surface area contributed by atoms with Gasteiger partial charge in [0.2, 0.25) is 10.0 Å². The number of ether oxygens (including phenoxy) is 1. The van der Waals surface area contributed by atoms with Crippen molar-refractivity contribution >= 4 is 27.3 Å². The van der Waals surface area contributed by atoms with E-state index in [4.69, 9.17) is 4.74 Å². The van der Waals surface area contributed by atoms with Crippen LogP contribution in [0.3, 0.4) is 0 Å². The SMILES string of the molecule is CCS(=O)(=O)N1CC(C(=O)NCCCN(C)c2ccccc2)Oc2ccccc21. The first-order valence-electron chi connectivity index (χ1n) is 9.72. The second-order valence-corrected chi connectivity index (χ2v) is 9.09. The number of carbonyl (C=O) groups excluding carboxylic acids is 1. The summed E-state index contributed by atoms with van der Waals surface area (Å²) in [6, 6.07) is 16.9. The van der Waals surface area contributed by atoms with Crippen molar-refractivity contribution in [2.24, 2.45) is 0 Å². The number of para-hydroxylation sites is 3. The number of benzene rings is 2. The molecule has 8 heteroatoms. The molecule has 29 heavy (non-hydrogen) atoms. The number of rotatable bonds is 8. The van der Waals surface area contributed by atoms with Gasteiger partial charge in [-0.2, -0.15) is 0 Å². The summed E-state index contributed by atoms with van der Waals surface area (Å²) in [5.41, 5.74) is 1.59. The molecule has 1 aliphatic heterocycles. The molecule has 0 radical (unpaired) electrons. The van der Waals surface area contributed by atoms with E-state index in [1.807, 2.05) is 37.4 Å². The normalized spacial score (nSPS) is 15.9. The number of hydrogen-bond acceptors (Lipinski definition) is 5. The van der Waals surface area contributed by atoms with Crippen molar-refractivity contribution in [3.8, 4) is 5.75 Å². The molecular formula is C21H27N3O4S. The number of amides is 1. The second kappa shape index (κ2) is 9.17. The third-order valence-corrected chi connectivity index (χ3v) is 6.64. The number of anilines is 2. The predicted molar refractivity (Wildman–Crippen MR) is 115 cm³/mol. The molecule has 0 spiro atoms. The minimum atomic E-state index is -3.50. The number of nitrogens with one attached hydrogen (secondary N) is 1. The maximum atomic E-state index is 12.6. The Morgan fingerprint density at radius 3 is 2.59 bits per heavy atom. The third-order valence-electron chi connectivity index (χ3n) is 4.89. The van der Waals surface area contributed by atoms with Crippen LogP contribution in [-0.2, 0) is 14.8 Å². The lowest BCUT2D eigenvalue weighted by atomic mass is 10.2. The second-order valence-electron chi connectivity index (χ2n) is 6.91. The molecule has 0 saturated carbocycles. The van der Waals surface area contributed by atoms with Crippen molar-refractivity contribution in [1.82, 2.24) is 5.32 Å². The number of carbonyl (C=O) groups is 1. The molecule has 1 atom stereocenters. The van der Waals surface area contributed by atoms with E-state index in [2.05, 4.69) is 10.2 Å². The molecule has 1 N–H and O–H groups in total. The zero-order valence-corrected chi connectivity index (χ0v) is 17.6. The highest BCUT2D eigenvalue weighted by atomic mass is 32.2. The van der Waals surface area contributed by atoms with Crippen LogP contribution in [-0.4, -0.2) is 52.9 Å². The fourth-order valence-corrected chi connectivity index (χ4v) is 4.34. The van der Waals surface area contributed by atoms with E-state index < -0.39 is 16.1 Å². The van der Waals surface area contributed by atoms with Crippen LogP contribution in [0.4, 0.5) is 11.4 Å². The summed E-state index contributed by atoms with van der Waals surface area (Å²) in [4.78, 5) is 14.7. The van der Waals surface area contributed by atoms with E-state index in [-0.39, 0.29) is 18.2 Å². The van der Waals surface area contributed by atoms with Gasteiger partial charge in [0.05, 0.1) is 18.0 Å². The first kappa shape index (κ1) is 21.0. The predicted octanol–water partition coefficient (Wildman–Crippen LogP) is 2.25. The van der Waals surface area contributed by atoms with Gasteiger partial charge in [0.15, 0.2) is 6.10 Å². The highest BCUT2D eigenvalue weighted by Gasteiger charge is 2.35. The van der Waals surface area contributed by atoms with Crippen LogP contribution in [0.15, 0.2) is 54.6 Å². The van der Waals surface area contributed by atoms with E-state index in [1.54, 1.807) is 31.2 Å². The third kappa shape index (κ3) is 5.00. The molecule has 1 amide bonds.